The van der Waals surface area contributed by atoms with Crippen LogP contribution in [0.3, 0.4) is 0 Å². The summed E-state index contributed by atoms with van der Waals surface area (Å²) < 4.78 is 0. The lowest BCUT2D eigenvalue weighted by molar-refractivity contribution is 0.516. The van der Waals surface area contributed by atoms with Crippen LogP contribution in [-0.4, -0.2) is 0 Å². The minimum atomic E-state index is 1.10. The van der Waals surface area contributed by atoms with Gasteiger partial charge in [0.05, 0.1) is 0 Å². The van der Waals surface area contributed by atoms with Gasteiger partial charge in [0, 0.05) is 0 Å². The molecule has 172 valence electrons. The SMILES string of the molecule is [CH]=CCCCCCCCCCCCCCCCCCCCCCCCCCC[CH2]. The molecular weight excluding hydrogens is 348 g/mol. The topological polar surface area (TPSA) is 0 Å². The average Bonchev–Trinajstić information content (AvgIpc) is 2.74. The summed E-state index contributed by atoms with van der Waals surface area (Å²) in [6.45, 7) is 9.31. The highest BCUT2D eigenvalue weighted by Crippen LogP contribution is 2.15. The summed E-state index contributed by atoms with van der Waals surface area (Å²) in [5, 5.41) is 0. The molecule has 0 fully saturated rings. The van der Waals surface area contributed by atoms with Crippen molar-refractivity contribution in [3.8, 4) is 0 Å². The van der Waals surface area contributed by atoms with Crippen molar-refractivity contribution in [3.05, 3.63) is 19.6 Å². The molecule has 0 nitrogen and oxygen atoms in total. The van der Waals surface area contributed by atoms with E-state index in [-0.39, 0.29) is 0 Å². The first-order valence-corrected chi connectivity index (χ1v) is 13.7. The van der Waals surface area contributed by atoms with Crippen molar-refractivity contribution in [2.24, 2.45) is 0 Å². The quantitative estimate of drug-likeness (QED) is 0.126. The Kier molecular flexibility index (Phi) is 27.5. The van der Waals surface area contributed by atoms with E-state index >= 15 is 0 Å². The maximum atomic E-state index is 5.40. The van der Waals surface area contributed by atoms with E-state index in [0.29, 0.717) is 0 Å². The first-order chi connectivity index (χ1) is 14.4. The normalized spacial score (nSPS) is 11.2. The standard InChI is InChI=1S/C29H56/c1-3-5-7-9-11-13-15-17-19-21-23-25-27-29-28-26-24-22-20-18-16-14-12-10-8-6-4-2/h1,3H,2,4-29H2. The molecule has 0 atom stereocenters. The highest BCUT2D eigenvalue weighted by molar-refractivity contribution is 4.61. The average molecular weight is 405 g/mol. The second-order valence-corrected chi connectivity index (χ2v) is 9.36. The van der Waals surface area contributed by atoms with E-state index in [1.807, 2.05) is 0 Å². The number of unbranched alkanes of at least 4 members (excludes halogenated alkanes) is 25. The maximum absolute atomic E-state index is 5.40. The maximum Gasteiger partial charge on any atom is -0.0348 e. The van der Waals surface area contributed by atoms with Crippen molar-refractivity contribution < 1.29 is 0 Å². The molecule has 0 aliphatic carbocycles. The Morgan fingerprint density at radius 1 is 0.345 bits per heavy atom. The molecule has 0 aromatic rings. The molecule has 2 radical (unpaired) electrons. The predicted molar refractivity (Wildman–Crippen MR) is 134 cm³/mol. The van der Waals surface area contributed by atoms with Gasteiger partial charge in [-0.3, -0.25) is 0 Å². The summed E-state index contributed by atoms with van der Waals surface area (Å²) in [5.74, 6) is 0. The second-order valence-electron chi connectivity index (χ2n) is 9.36. The molecule has 0 bridgehead atoms. The third kappa shape index (κ3) is 27.7. The summed E-state index contributed by atoms with van der Waals surface area (Å²) in [6, 6.07) is 0. The van der Waals surface area contributed by atoms with E-state index in [9.17, 15) is 0 Å². The fourth-order valence-electron chi connectivity index (χ4n) is 4.33. The van der Waals surface area contributed by atoms with E-state index in [0.717, 1.165) is 12.8 Å². The van der Waals surface area contributed by atoms with Gasteiger partial charge >= 0.3 is 0 Å². The molecular formula is C29H56. The largest absolute Gasteiger partial charge is 0.0845 e. The molecule has 0 aliphatic rings. The zero-order valence-corrected chi connectivity index (χ0v) is 20.2. The lowest BCUT2D eigenvalue weighted by Crippen LogP contribution is -1.84. The van der Waals surface area contributed by atoms with Crippen molar-refractivity contribution in [2.75, 3.05) is 0 Å². The van der Waals surface area contributed by atoms with E-state index in [4.69, 9.17) is 6.58 Å². The monoisotopic (exact) mass is 404 g/mol. The zero-order chi connectivity index (χ0) is 21.1. The molecule has 29 heavy (non-hydrogen) atoms. The van der Waals surface area contributed by atoms with Crippen LogP contribution in [0.4, 0.5) is 0 Å². The van der Waals surface area contributed by atoms with Crippen LogP contribution in [0.1, 0.15) is 167 Å². The van der Waals surface area contributed by atoms with E-state index in [1.165, 1.54) is 154 Å². The molecule has 0 aromatic carbocycles. The summed E-state index contributed by atoms with van der Waals surface area (Å²) in [6.07, 6.45) is 38.7. The number of hydrogen-bond acceptors (Lipinski definition) is 0. The molecule has 0 spiro atoms. The third-order valence-corrected chi connectivity index (χ3v) is 6.37. The van der Waals surface area contributed by atoms with Crippen molar-refractivity contribution in [1.29, 1.82) is 0 Å². The Hall–Kier alpha value is -0.260. The second kappa shape index (κ2) is 27.7. The molecule has 0 aliphatic heterocycles. The molecule has 0 aromatic heterocycles. The van der Waals surface area contributed by atoms with Crippen LogP contribution in [-0.2, 0) is 0 Å². The van der Waals surface area contributed by atoms with Crippen molar-refractivity contribution in [2.45, 2.75) is 167 Å². The minimum absolute atomic E-state index is 1.10. The summed E-state index contributed by atoms with van der Waals surface area (Å²) >= 11 is 0. The van der Waals surface area contributed by atoms with Crippen LogP contribution in [0.25, 0.3) is 0 Å². The van der Waals surface area contributed by atoms with Gasteiger partial charge in [0.2, 0.25) is 0 Å². The Bertz CT molecular complexity index is 280. The van der Waals surface area contributed by atoms with Crippen molar-refractivity contribution in [3.63, 3.8) is 0 Å². The molecule has 0 heteroatoms. The van der Waals surface area contributed by atoms with E-state index in [2.05, 4.69) is 6.92 Å². The van der Waals surface area contributed by atoms with Crippen molar-refractivity contribution >= 4 is 0 Å². The molecule has 0 unspecified atom stereocenters. The van der Waals surface area contributed by atoms with E-state index < -0.39 is 0 Å². The lowest BCUT2D eigenvalue weighted by atomic mass is 10.0. The molecule has 0 amide bonds. The lowest BCUT2D eigenvalue weighted by Gasteiger charge is -2.04. The Morgan fingerprint density at radius 2 is 0.552 bits per heavy atom. The summed E-state index contributed by atoms with van der Waals surface area (Å²) in [7, 11) is 0. The smallest absolute Gasteiger partial charge is 0.0348 e. The van der Waals surface area contributed by atoms with Crippen LogP contribution in [0, 0.1) is 13.5 Å². The fraction of sp³-hybridized carbons (Fsp3) is 0.897. The van der Waals surface area contributed by atoms with Gasteiger partial charge in [-0.2, -0.15) is 0 Å². The highest BCUT2D eigenvalue weighted by atomic mass is 14.0. The van der Waals surface area contributed by atoms with Crippen LogP contribution < -0.4 is 0 Å². The molecule has 0 rings (SSSR count). The molecule has 0 saturated carbocycles. The Morgan fingerprint density at radius 3 is 0.759 bits per heavy atom. The van der Waals surface area contributed by atoms with Gasteiger partial charge in [0.25, 0.3) is 0 Å². The zero-order valence-electron chi connectivity index (χ0n) is 20.2. The van der Waals surface area contributed by atoms with E-state index in [1.54, 1.807) is 6.08 Å². The van der Waals surface area contributed by atoms with Gasteiger partial charge < -0.3 is 0 Å². The van der Waals surface area contributed by atoms with Gasteiger partial charge in [-0.05, 0) is 12.8 Å². The first kappa shape index (κ1) is 28.7. The van der Waals surface area contributed by atoms with Crippen LogP contribution in [0.2, 0.25) is 0 Å². The number of allylic oxidation sites excluding steroid dienone is 1. The van der Waals surface area contributed by atoms with Crippen LogP contribution >= 0.6 is 0 Å². The van der Waals surface area contributed by atoms with Gasteiger partial charge in [0.1, 0.15) is 0 Å². The van der Waals surface area contributed by atoms with Gasteiger partial charge in [-0.1, -0.05) is 174 Å². The molecule has 0 saturated heterocycles. The predicted octanol–water partition coefficient (Wildman–Crippen LogP) is 11.0. The highest BCUT2D eigenvalue weighted by Gasteiger charge is 1.96. The van der Waals surface area contributed by atoms with Gasteiger partial charge in [-0.25, -0.2) is 0 Å². The van der Waals surface area contributed by atoms with Gasteiger partial charge in [0.15, 0.2) is 0 Å². The summed E-state index contributed by atoms with van der Waals surface area (Å²) in [5.41, 5.74) is 0. The Labute approximate surface area is 186 Å². The molecule has 0 heterocycles. The minimum Gasteiger partial charge on any atom is -0.0845 e. The number of hydrogen-bond donors (Lipinski definition) is 0. The Balaban J connectivity index is 2.97. The third-order valence-electron chi connectivity index (χ3n) is 6.37. The van der Waals surface area contributed by atoms with Gasteiger partial charge in [-0.15, -0.1) is 0 Å². The number of rotatable bonds is 26. The first-order valence-electron chi connectivity index (χ1n) is 13.7. The van der Waals surface area contributed by atoms with Crippen molar-refractivity contribution in [1.82, 2.24) is 0 Å². The molecule has 0 N–H and O–H groups in total. The fourth-order valence-corrected chi connectivity index (χ4v) is 4.33. The van der Waals surface area contributed by atoms with Crippen LogP contribution in [0.5, 0.6) is 0 Å². The van der Waals surface area contributed by atoms with Crippen LogP contribution in [0.15, 0.2) is 6.08 Å². The summed E-state index contributed by atoms with van der Waals surface area (Å²) in [4.78, 5) is 0.